The number of hydrogen-bond donors (Lipinski definition) is 0. The number of benzene rings is 8. The lowest BCUT2D eigenvalue weighted by Gasteiger charge is -2.13. The number of aromatic nitrogens is 3. The van der Waals surface area contributed by atoms with Gasteiger partial charge in [0.25, 0.3) is 0 Å². The Hall–Kier alpha value is -6.65. The van der Waals surface area contributed by atoms with E-state index in [2.05, 4.69) is 91.0 Å². The number of rotatable bonds is 4. The summed E-state index contributed by atoms with van der Waals surface area (Å²) in [5.41, 5.74) is 6.54. The molecule has 228 valence electrons. The normalized spacial score (nSPS) is 11.7. The summed E-state index contributed by atoms with van der Waals surface area (Å²) in [5, 5.41) is 9.61. The fourth-order valence-corrected chi connectivity index (χ4v) is 7.22. The molecule has 4 heteroatoms. The van der Waals surface area contributed by atoms with Crippen LogP contribution in [0.1, 0.15) is 0 Å². The van der Waals surface area contributed by atoms with E-state index in [1.165, 1.54) is 32.3 Å². The van der Waals surface area contributed by atoms with Crippen molar-refractivity contribution in [3.05, 3.63) is 164 Å². The Bertz CT molecular complexity index is 2780. The first-order valence-corrected chi connectivity index (χ1v) is 16.4. The average Bonchev–Trinajstić information content (AvgIpc) is 3.57. The molecule has 0 N–H and O–H groups in total. The van der Waals surface area contributed by atoms with Crippen molar-refractivity contribution in [2.45, 2.75) is 0 Å². The monoisotopic (exact) mass is 625 g/mol. The molecule has 0 bridgehead atoms. The van der Waals surface area contributed by atoms with Gasteiger partial charge in [0.15, 0.2) is 17.5 Å². The molecule has 49 heavy (non-hydrogen) atoms. The summed E-state index contributed by atoms with van der Waals surface area (Å²) in [6.45, 7) is 0. The number of furan rings is 1. The van der Waals surface area contributed by atoms with Gasteiger partial charge < -0.3 is 4.42 Å². The molecule has 0 saturated carbocycles. The van der Waals surface area contributed by atoms with Crippen molar-refractivity contribution in [3.8, 4) is 45.3 Å². The minimum atomic E-state index is 0.591. The zero-order chi connectivity index (χ0) is 32.3. The van der Waals surface area contributed by atoms with Crippen LogP contribution in [0.2, 0.25) is 0 Å². The molecule has 0 aliphatic rings. The lowest BCUT2D eigenvalue weighted by atomic mass is 9.90. The van der Waals surface area contributed by atoms with Gasteiger partial charge in [-0.25, -0.2) is 15.0 Å². The van der Waals surface area contributed by atoms with Crippen molar-refractivity contribution < 1.29 is 4.42 Å². The van der Waals surface area contributed by atoms with E-state index in [0.29, 0.717) is 17.5 Å². The van der Waals surface area contributed by atoms with E-state index in [4.69, 9.17) is 19.4 Å². The van der Waals surface area contributed by atoms with Crippen LogP contribution in [0.15, 0.2) is 168 Å². The Morgan fingerprint density at radius 3 is 1.37 bits per heavy atom. The molecule has 0 saturated heterocycles. The molecule has 2 heterocycles. The highest BCUT2D eigenvalue weighted by molar-refractivity contribution is 6.26. The topological polar surface area (TPSA) is 51.8 Å². The van der Waals surface area contributed by atoms with E-state index in [1.807, 2.05) is 72.8 Å². The van der Waals surface area contributed by atoms with Gasteiger partial charge in [-0.3, -0.25) is 0 Å². The number of hydrogen-bond acceptors (Lipinski definition) is 4. The lowest BCUT2D eigenvalue weighted by Crippen LogP contribution is -2.00. The van der Waals surface area contributed by atoms with Gasteiger partial charge in [0, 0.05) is 27.5 Å². The highest BCUT2D eigenvalue weighted by Crippen LogP contribution is 2.42. The van der Waals surface area contributed by atoms with E-state index in [0.717, 1.165) is 49.8 Å². The van der Waals surface area contributed by atoms with Crippen molar-refractivity contribution >= 4 is 54.3 Å². The third-order valence-corrected chi connectivity index (χ3v) is 9.49. The van der Waals surface area contributed by atoms with Crippen LogP contribution < -0.4 is 0 Å². The number of para-hydroxylation sites is 1. The molecule has 0 amide bonds. The Kier molecular flexibility index (Phi) is 6.15. The van der Waals surface area contributed by atoms with Crippen molar-refractivity contribution in [2.24, 2.45) is 0 Å². The van der Waals surface area contributed by atoms with Gasteiger partial charge >= 0.3 is 0 Å². The van der Waals surface area contributed by atoms with E-state index in [9.17, 15) is 0 Å². The van der Waals surface area contributed by atoms with Gasteiger partial charge in [-0.15, -0.1) is 0 Å². The summed E-state index contributed by atoms with van der Waals surface area (Å²) >= 11 is 0. The minimum absolute atomic E-state index is 0.591. The molecule has 0 fully saturated rings. The molecular formula is C45H27N3O. The first-order chi connectivity index (χ1) is 24.3. The Labute approximate surface area is 282 Å². The summed E-state index contributed by atoms with van der Waals surface area (Å²) in [4.78, 5) is 15.0. The zero-order valence-corrected chi connectivity index (χ0v) is 26.3. The van der Waals surface area contributed by atoms with Crippen LogP contribution in [-0.4, -0.2) is 15.0 Å². The molecule has 2 aromatic heterocycles. The summed E-state index contributed by atoms with van der Waals surface area (Å²) in [6.07, 6.45) is 0. The molecule has 0 atom stereocenters. The van der Waals surface area contributed by atoms with E-state index < -0.39 is 0 Å². The smallest absolute Gasteiger partial charge is 0.164 e. The first kappa shape index (κ1) is 27.5. The van der Waals surface area contributed by atoms with Crippen LogP contribution in [0.4, 0.5) is 0 Å². The maximum atomic E-state index is 6.55. The fraction of sp³-hybridized carbons (Fsp3) is 0. The molecule has 0 radical (unpaired) electrons. The average molecular weight is 626 g/mol. The van der Waals surface area contributed by atoms with Gasteiger partial charge in [0.1, 0.15) is 11.2 Å². The van der Waals surface area contributed by atoms with E-state index in [-0.39, 0.29) is 0 Å². The first-order valence-electron chi connectivity index (χ1n) is 16.4. The van der Waals surface area contributed by atoms with Gasteiger partial charge in [0.2, 0.25) is 0 Å². The van der Waals surface area contributed by atoms with Crippen LogP contribution >= 0.6 is 0 Å². The van der Waals surface area contributed by atoms with Crippen molar-refractivity contribution in [1.29, 1.82) is 0 Å². The Morgan fingerprint density at radius 2 is 0.776 bits per heavy atom. The quantitative estimate of drug-likeness (QED) is 0.183. The molecule has 0 spiro atoms. The van der Waals surface area contributed by atoms with Crippen LogP contribution in [0.5, 0.6) is 0 Å². The summed E-state index contributed by atoms with van der Waals surface area (Å²) in [6, 6.07) is 56.9. The molecule has 0 aliphatic carbocycles. The minimum Gasteiger partial charge on any atom is -0.456 e. The van der Waals surface area contributed by atoms with Crippen LogP contribution in [0.25, 0.3) is 99.5 Å². The van der Waals surface area contributed by atoms with Crippen molar-refractivity contribution in [3.63, 3.8) is 0 Å². The molecule has 0 aliphatic heterocycles. The van der Waals surface area contributed by atoms with Gasteiger partial charge in [-0.05, 0) is 67.7 Å². The standard InChI is InChI=1S/C45H27N3O/c1-3-13-28(14-4-1)43-46-44(29-15-5-2-6-16-29)48-45(47-43)31-26-38(42-37-21-11-12-22-40(37)49-41(42)27-31)30-23-24-36-34-19-8-7-17-32(34)33-18-9-10-20-35(33)39(36)25-30/h1-27H. The van der Waals surface area contributed by atoms with Crippen LogP contribution in [-0.2, 0) is 0 Å². The Morgan fingerprint density at radius 1 is 0.306 bits per heavy atom. The summed E-state index contributed by atoms with van der Waals surface area (Å²) in [7, 11) is 0. The molecule has 10 rings (SSSR count). The Balaban J connectivity index is 1.27. The fourth-order valence-electron chi connectivity index (χ4n) is 7.22. The van der Waals surface area contributed by atoms with Gasteiger partial charge in [0.05, 0.1) is 0 Å². The van der Waals surface area contributed by atoms with E-state index >= 15 is 0 Å². The van der Waals surface area contributed by atoms with Crippen LogP contribution in [0, 0.1) is 0 Å². The lowest BCUT2D eigenvalue weighted by molar-refractivity contribution is 0.669. The largest absolute Gasteiger partial charge is 0.456 e. The molecule has 0 unspecified atom stereocenters. The third kappa shape index (κ3) is 4.49. The van der Waals surface area contributed by atoms with Gasteiger partial charge in [-0.2, -0.15) is 0 Å². The SMILES string of the molecule is c1ccc(-c2nc(-c3ccccc3)nc(-c3cc(-c4ccc5c6ccccc6c6ccccc6c5c4)c4c(c3)oc3ccccc34)n2)cc1. The van der Waals surface area contributed by atoms with Gasteiger partial charge in [-0.1, -0.05) is 140 Å². The van der Waals surface area contributed by atoms with Crippen molar-refractivity contribution in [1.82, 2.24) is 15.0 Å². The second-order valence-corrected chi connectivity index (χ2v) is 12.4. The highest BCUT2D eigenvalue weighted by Gasteiger charge is 2.19. The number of fused-ring (bicyclic) bond motifs is 9. The van der Waals surface area contributed by atoms with Crippen molar-refractivity contribution in [2.75, 3.05) is 0 Å². The second kappa shape index (κ2) is 11.0. The maximum Gasteiger partial charge on any atom is 0.164 e. The summed E-state index contributed by atoms with van der Waals surface area (Å²) in [5.74, 6) is 1.84. The summed E-state index contributed by atoms with van der Waals surface area (Å²) < 4.78 is 6.55. The predicted molar refractivity (Wildman–Crippen MR) is 201 cm³/mol. The second-order valence-electron chi connectivity index (χ2n) is 12.4. The maximum absolute atomic E-state index is 6.55. The molecule has 4 nitrogen and oxygen atoms in total. The molecule has 8 aromatic carbocycles. The van der Waals surface area contributed by atoms with E-state index in [1.54, 1.807) is 0 Å². The highest BCUT2D eigenvalue weighted by atomic mass is 16.3. The number of nitrogens with zero attached hydrogens (tertiary/aromatic N) is 3. The third-order valence-electron chi connectivity index (χ3n) is 9.49. The predicted octanol–water partition coefficient (Wildman–Crippen LogP) is 11.9. The molecular weight excluding hydrogens is 599 g/mol. The zero-order valence-electron chi connectivity index (χ0n) is 26.3. The molecule has 10 aromatic rings. The van der Waals surface area contributed by atoms with Crippen LogP contribution in [0.3, 0.4) is 0 Å².